The van der Waals surface area contributed by atoms with E-state index in [2.05, 4.69) is 5.32 Å². The summed E-state index contributed by atoms with van der Waals surface area (Å²) in [6.07, 6.45) is -4.57. The summed E-state index contributed by atoms with van der Waals surface area (Å²) in [4.78, 5) is 41.5. The third kappa shape index (κ3) is 5.24. The van der Waals surface area contributed by atoms with Gasteiger partial charge in [0.25, 0.3) is 0 Å². The van der Waals surface area contributed by atoms with Crippen molar-refractivity contribution in [2.45, 2.75) is 26.2 Å². The summed E-state index contributed by atoms with van der Waals surface area (Å²) in [5.74, 6) is -0.755. The van der Waals surface area contributed by atoms with Gasteiger partial charge in [0.1, 0.15) is 6.54 Å². The summed E-state index contributed by atoms with van der Waals surface area (Å²) in [7, 11) is 0. The molecule has 1 aliphatic heterocycles. The lowest BCUT2D eigenvalue weighted by atomic mass is 10.1. The number of halogens is 3. The van der Waals surface area contributed by atoms with E-state index in [0.717, 1.165) is 11.6 Å². The van der Waals surface area contributed by atoms with Crippen LogP contribution < -0.4 is 11.0 Å². The highest BCUT2D eigenvalue weighted by molar-refractivity contribution is 5.93. The van der Waals surface area contributed by atoms with Gasteiger partial charge in [-0.15, -0.1) is 0 Å². The van der Waals surface area contributed by atoms with Gasteiger partial charge in [0.15, 0.2) is 0 Å². The number of aryl methyl sites for hydroxylation is 1. The minimum atomic E-state index is -4.57. The van der Waals surface area contributed by atoms with Crippen molar-refractivity contribution < 1.29 is 22.8 Å². The number of imidazole rings is 1. The molecule has 0 unspecified atom stereocenters. The van der Waals surface area contributed by atoms with Gasteiger partial charge in [-0.05, 0) is 31.2 Å². The van der Waals surface area contributed by atoms with Gasteiger partial charge in [0.2, 0.25) is 11.8 Å². The number of carbonyl (C=O) groups is 2. The number of rotatable bonds is 6. The van der Waals surface area contributed by atoms with Crippen LogP contribution >= 0.6 is 0 Å². The SMILES string of the molecule is CCn1c(=O)n(CC(=O)N2CCN(CC(=O)Nc3ccccc3C(F)(F)F)CC2)c2ccccc21. The molecule has 0 bridgehead atoms. The van der Waals surface area contributed by atoms with Gasteiger partial charge in [-0.1, -0.05) is 24.3 Å². The number of carbonyl (C=O) groups excluding carboxylic acids is 2. The number of nitrogens with one attached hydrogen (secondary N) is 1. The zero-order valence-corrected chi connectivity index (χ0v) is 19.2. The number of anilines is 1. The molecule has 0 saturated carbocycles. The number of para-hydroxylation sites is 3. The maximum absolute atomic E-state index is 13.1. The summed E-state index contributed by atoms with van der Waals surface area (Å²) in [5.41, 5.74) is 0.0494. The third-order valence-corrected chi connectivity index (χ3v) is 6.13. The Hall–Kier alpha value is -3.60. The first-order valence-electron chi connectivity index (χ1n) is 11.3. The second-order valence-corrected chi connectivity index (χ2v) is 8.35. The van der Waals surface area contributed by atoms with Crippen LogP contribution in [-0.2, 0) is 28.9 Å². The van der Waals surface area contributed by atoms with Gasteiger partial charge in [0.05, 0.1) is 28.8 Å². The molecule has 1 aromatic heterocycles. The van der Waals surface area contributed by atoms with Gasteiger partial charge in [-0.25, -0.2) is 4.79 Å². The van der Waals surface area contributed by atoms with E-state index in [1.807, 2.05) is 31.2 Å². The Balaban J connectivity index is 1.34. The van der Waals surface area contributed by atoms with Gasteiger partial charge in [0, 0.05) is 32.7 Å². The van der Waals surface area contributed by atoms with Crippen molar-refractivity contribution in [1.82, 2.24) is 18.9 Å². The molecule has 2 aromatic carbocycles. The molecule has 8 nitrogen and oxygen atoms in total. The molecule has 1 N–H and O–H groups in total. The lowest BCUT2D eigenvalue weighted by Gasteiger charge is -2.34. The van der Waals surface area contributed by atoms with Crippen LogP contribution in [0.4, 0.5) is 18.9 Å². The van der Waals surface area contributed by atoms with Gasteiger partial charge < -0.3 is 10.2 Å². The van der Waals surface area contributed by atoms with E-state index in [0.29, 0.717) is 38.2 Å². The topological polar surface area (TPSA) is 79.6 Å². The molecule has 11 heteroatoms. The first kappa shape index (κ1) is 24.5. The Morgan fingerprint density at radius 2 is 1.49 bits per heavy atom. The highest BCUT2D eigenvalue weighted by atomic mass is 19.4. The van der Waals surface area contributed by atoms with Crippen LogP contribution in [0.15, 0.2) is 53.3 Å². The summed E-state index contributed by atoms with van der Waals surface area (Å²) < 4.78 is 42.5. The zero-order valence-electron chi connectivity index (χ0n) is 19.2. The maximum atomic E-state index is 13.1. The fourth-order valence-electron chi connectivity index (χ4n) is 4.35. The van der Waals surface area contributed by atoms with Crippen molar-refractivity contribution in [3.05, 3.63) is 64.6 Å². The number of piperazine rings is 1. The van der Waals surface area contributed by atoms with Crippen molar-refractivity contribution in [2.75, 3.05) is 38.0 Å². The highest BCUT2D eigenvalue weighted by Gasteiger charge is 2.33. The van der Waals surface area contributed by atoms with Crippen LogP contribution in [-0.4, -0.2) is 63.5 Å². The van der Waals surface area contributed by atoms with Crippen molar-refractivity contribution in [2.24, 2.45) is 0 Å². The Bertz CT molecular complexity index is 1290. The number of fused-ring (bicyclic) bond motifs is 1. The van der Waals surface area contributed by atoms with E-state index >= 15 is 0 Å². The smallest absolute Gasteiger partial charge is 0.339 e. The van der Waals surface area contributed by atoms with Crippen LogP contribution in [0.25, 0.3) is 11.0 Å². The van der Waals surface area contributed by atoms with Crippen LogP contribution in [0.3, 0.4) is 0 Å². The first-order valence-corrected chi connectivity index (χ1v) is 11.3. The molecule has 186 valence electrons. The number of benzene rings is 2. The van der Waals surface area contributed by atoms with E-state index in [-0.39, 0.29) is 30.4 Å². The van der Waals surface area contributed by atoms with E-state index < -0.39 is 17.6 Å². The Morgan fingerprint density at radius 3 is 2.11 bits per heavy atom. The fraction of sp³-hybridized carbons (Fsp3) is 0.375. The molecular weight excluding hydrogens is 463 g/mol. The fourth-order valence-corrected chi connectivity index (χ4v) is 4.35. The van der Waals surface area contributed by atoms with Crippen molar-refractivity contribution in [3.8, 4) is 0 Å². The summed E-state index contributed by atoms with van der Waals surface area (Å²) in [5, 5.41) is 2.34. The Morgan fingerprint density at radius 1 is 0.886 bits per heavy atom. The van der Waals surface area contributed by atoms with Crippen molar-refractivity contribution in [1.29, 1.82) is 0 Å². The molecule has 4 rings (SSSR count). The van der Waals surface area contributed by atoms with E-state index in [1.54, 1.807) is 14.4 Å². The number of aromatic nitrogens is 2. The molecule has 1 aliphatic rings. The van der Waals surface area contributed by atoms with E-state index in [4.69, 9.17) is 0 Å². The number of nitrogens with zero attached hydrogens (tertiary/aromatic N) is 4. The lowest BCUT2D eigenvalue weighted by Crippen LogP contribution is -2.51. The summed E-state index contributed by atoms with van der Waals surface area (Å²) >= 11 is 0. The van der Waals surface area contributed by atoms with Crippen LogP contribution in [0.2, 0.25) is 0 Å². The molecule has 1 fully saturated rings. The molecule has 0 aliphatic carbocycles. The predicted octanol–water partition coefficient (Wildman–Crippen LogP) is 2.62. The maximum Gasteiger partial charge on any atom is 0.418 e. The van der Waals surface area contributed by atoms with Crippen molar-refractivity contribution in [3.63, 3.8) is 0 Å². The minimum absolute atomic E-state index is 0.0823. The molecule has 0 radical (unpaired) electrons. The summed E-state index contributed by atoms with van der Waals surface area (Å²) in [6, 6.07) is 12.2. The minimum Gasteiger partial charge on any atom is -0.339 e. The second-order valence-electron chi connectivity index (χ2n) is 8.35. The molecule has 2 heterocycles. The molecule has 0 atom stereocenters. The molecule has 0 spiro atoms. The average molecular weight is 489 g/mol. The first-order chi connectivity index (χ1) is 16.7. The normalized spacial score (nSPS) is 14.9. The van der Waals surface area contributed by atoms with E-state index in [9.17, 15) is 27.6 Å². The summed E-state index contributed by atoms with van der Waals surface area (Å²) in [6.45, 7) is 3.70. The van der Waals surface area contributed by atoms with Crippen LogP contribution in [0.1, 0.15) is 12.5 Å². The Labute approximate surface area is 199 Å². The molecule has 2 amide bonds. The number of alkyl halides is 3. The Kier molecular flexibility index (Phi) is 6.97. The average Bonchev–Trinajstić information content (AvgIpc) is 3.09. The number of hydrogen-bond donors (Lipinski definition) is 1. The molecule has 1 saturated heterocycles. The van der Waals surface area contributed by atoms with Crippen LogP contribution in [0.5, 0.6) is 0 Å². The van der Waals surface area contributed by atoms with E-state index in [1.165, 1.54) is 22.8 Å². The zero-order chi connectivity index (χ0) is 25.2. The lowest BCUT2D eigenvalue weighted by molar-refractivity contribution is -0.137. The molecule has 3 aromatic rings. The number of amides is 2. The standard InChI is InChI=1S/C24H26F3N5O3/c1-2-31-19-9-5-6-10-20(19)32(23(31)35)16-22(34)30-13-11-29(12-14-30)15-21(33)28-18-8-4-3-7-17(18)24(25,26)27/h3-10H,2,11-16H2,1H3,(H,28,33). The number of hydrogen-bond acceptors (Lipinski definition) is 4. The monoisotopic (exact) mass is 489 g/mol. The van der Waals surface area contributed by atoms with Crippen LogP contribution in [0, 0.1) is 0 Å². The van der Waals surface area contributed by atoms with Crippen molar-refractivity contribution >= 4 is 28.5 Å². The largest absolute Gasteiger partial charge is 0.418 e. The van der Waals surface area contributed by atoms with Gasteiger partial charge in [-0.2, -0.15) is 13.2 Å². The quantitative estimate of drug-likeness (QED) is 0.578. The van der Waals surface area contributed by atoms with Gasteiger partial charge >= 0.3 is 11.9 Å². The second kappa shape index (κ2) is 9.95. The molecule has 35 heavy (non-hydrogen) atoms. The van der Waals surface area contributed by atoms with Gasteiger partial charge in [-0.3, -0.25) is 23.6 Å². The third-order valence-electron chi connectivity index (χ3n) is 6.13. The molecular formula is C24H26F3N5O3. The predicted molar refractivity (Wildman–Crippen MR) is 125 cm³/mol. The highest BCUT2D eigenvalue weighted by Crippen LogP contribution is 2.34.